The van der Waals surface area contributed by atoms with E-state index in [-0.39, 0.29) is 0 Å². The lowest BCUT2D eigenvalue weighted by atomic mass is 10.1. The largest absolute Gasteiger partial charge is 0.300 e. The van der Waals surface area contributed by atoms with Crippen LogP contribution < -0.4 is 0 Å². The Kier molecular flexibility index (Phi) is 7.17. The van der Waals surface area contributed by atoms with Gasteiger partial charge in [-0.25, -0.2) is 0 Å². The van der Waals surface area contributed by atoms with Gasteiger partial charge in [-0.1, -0.05) is 42.9 Å². The van der Waals surface area contributed by atoms with Crippen molar-refractivity contribution in [3.63, 3.8) is 0 Å². The summed E-state index contributed by atoms with van der Waals surface area (Å²) in [6.45, 7) is 11.0. The average Bonchev–Trinajstić information content (AvgIpc) is 2.28. The van der Waals surface area contributed by atoms with Crippen molar-refractivity contribution in [3.8, 4) is 0 Å². The maximum absolute atomic E-state index is 2.68. The summed E-state index contributed by atoms with van der Waals surface area (Å²) in [5.41, 5.74) is 0. The number of hydrogen-bond donors (Lipinski definition) is 0. The maximum Gasteiger partial charge on any atom is 0.0313 e. The molecular formula is C12H25IN2. The van der Waals surface area contributed by atoms with Gasteiger partial charge in [-0.15, -0.1) is 0 Å². The molecule has 0 aromatic carbocycles. The topological polar surface area (TPSA) is 6.48 Å². The number of hydrogen-bond acceptors (Lipinski definition) is 2. The molecule has 1 fully saturated rings. The summed E-state index contributed by atoms with van der Waals surface area (Å²) in [6.07, 6.45) is 3.98. The van der Waals surface area contributed by atoms with Crippen LogP contribution in [-0.2, 0) is 0 Å². The average molecular weight is 324 g/mol. The zero-order chi connectivity index (χ0) is 11.1. The molecule has 1 saturated heterocycles. The van der Waals surface area contributed by atoms with E-state index in [0.717, 1.165) is 6.04 Å². The molecule has 0 N–H and O–H groups in total. The van der Waals surface area contributed by atoms with Crippen molar-refractivity contribution in [2.75, 3.05) is 37.2 Å². The molecule has 0 aliphatic carbocycles. The van der Waals surface area contributed by atoms with Gasteiger partial charge in [0.1, 0.15) is 0 Å². The van der Waals surface area contributed by atoms with Gasteiger partial charge in [0, 0.05) is 30.1 Å². The van der Waals surface area contributed by atoms with Crippen molar-refractivity contribution in [1.29, 1.82) is 0 Å². The highest BCUT2D eigenvalue weighted by atomic mass is 127. The summed E-state index contributed by atoms with van der Waals surface area (Å²) in [5.74, 6) is 0. The highest BCUT2D eigenvalue weighted by molar-refractivity contribution is 14.1. The van der Waals surface area contributed by atoms with Crippen LogP contribution >= 0.6 is 22.6 Å². The molecule has 1 heterocycles. The fraction of sp³-hybridized carbons (Fsp3) is 1.00. The van der Waals surface area contributed by atoms with E-state index < -0.39 is 0 Å². The Morgan fingerprint density at radius 2 is 1.93 bits per heavy atom. The molecule has 1 rings (SSSR count). The monoisotopic (exact) mass is 324 g/mol. The molecule has 90 valence electrons. The van der Waals surface area contributed by atoms with E-state index in [1.54, 1.807) is 0 Å². The highest BCUT2D eigenvalue weighted by Crippen LogP contribution is 2.13. The first-order valence-corrected chi connectivity index (χ1v) is 7.86. The molecule has 0 radical (unpaired) electrons. The first kappa shape index (κ1) is 13.7. The zero-order valence-corrected chi connectivity index (χ0v) is 12.4. The normalized spacial score (nSPS) is 24.6. The van der Waals surface area contributed by atoms with Crippen molar-refractivity contribution in [1.82, 2.24) is 9.80 Å². The SMILES string of the molecule is CCCCN1CCN(CCC)C(CI)C1. The zero-order valence-electron chi connectivity index (χ0n) is 10.2. The lowest BCUT2D eigenvalue weighted by Gasteiger charge is -2.40. The van der Waals surface area contributed by atoms with Crippen molar-refractivity contribution >= 4 is 22.6 Å². The predicted molar refractivity (Wildman–Crippen MR) is 75.9 cm³/mol. The van der Waals surface area contributed by atoms with Gasteiger partial charge in [0.2, 0.25) is 0 Å². The van der Waals surface area contributed by atoms with Crippen LogP contribution in [0.2, 0.25) is 0 Å². The molecule has 0 amide bonds. The third kappa shape index (κ3) is 4.57. The number of nitrogens with zero attached hydrogens (tertiary/aromatic N) is 2. The quantitative estimate of drug-likeness (QED) is 0.547. The molecule has 0 bridgehead atoms. The summed E-state index contributed by atoms with van der Waals surface area (Å²) < 4.78 is 1.28. The van der Waals surface area contributed by atoms with Gasteiger partial charge in [-0.05, 0) is 25.9 Å². The molecular weight excluding hydrogens is 299 g/mol. The molecule has 0 aromatic rings. The smallest absolute Gasteiger partial charge is 0.0313 e. The fourth-order valence-corrected chi connectivity index (χ4v) is 3.11. The Hall–Kier alpha value is 0.650. The summed E-state index contributed by atoms with van der Waals surface area (Å²) in [4.78, 5) is 5.33. The van der Waals surface area contributed by atoms with Crippen molar-refractivity contribution in [2.45, 2.75) is 39.2 Å². The third-order valence-corrected chi connectivity index (χ3v) is 4.22. The van der Waals surface area contributed by atoms with Crippen LogP contribution in [-0.4, -0.2) is 53.0 Å². The van der Waals surface area contributed by atoms with Crippen molar-refractivity contribution in [3.05, 3.63) is 0 Å². The lowest BCUT2D eigenvalue weighted by molar-refractivity contribution is 0.0865. The summed E-state index contributed by atoms with van der Waals surface area (Å²) in [6, 6.07) is 0.802. The van der Waals surface area contributed by atoms with Gasteiger partial charge >= 0.3 is 0 Å². The minimum atomic E-state index is 0.802. The summed E-state index contributed by atoms with van der Waals surface area (Å²) in [5, 5.41) is 0. The summed E-state index contributed by atoms with van der Waals surface area (Å²) >= 11 is 2.54. The first-order chi connectivity index (χ1) is 7.31. The lowest BCUT2D eigenvalue weighted by Crippen LogP contribution is -2.54. The third-order valence-electron chi connectivity index (χ3n) is 3.21. The molecule has 0 spiro atoms. The van der Waals surface area contributed by atoms with E-state index in [1.807, 2.05) is 0 Å². The minimum absolute atomic E-state index is 0.802. The van der Waals surface area contributed by atoms with Crippen molar-refractivity contribution < 1.29 is 0 Å². The number of alkyl halides is 1. The van der Waals surface area contributed by atoms with Crippen molar-refractivity contribution in [2.24, 2.45) is 0 Å². The maximum atomic E-state index is 2.68. The minimum Gasteiger partial charge on any atom is -0.300 e. The Balaban J connectivity index is 2.33. The molecule has 1 aliphatic heterocycles. The number of unbranched alkanes of at least 4 members (excludes halogenated alkanes) is 1. The van der Waals surface area contributed by atoms with Gasteiger partial charge < -0.3 is 4.90 Å². The second kappa shape index (κ2) is 7.85. The van der Waals surface area contributed by atoms with Crippen LogP contribution in [0.3, 0.4) is 0 Å². The van der Waals surface area contributed by atoms with E-state index in [4.69, 9.17) is 0 Å². The second-order valence-electron chi connectivity index (χ2n) is 4.50. The number of rotatable bonds is 6. The van der Waals surface area contributed by atoms with Gasteiger partial charge in [-0.3, -0.25) is 4.90 Å². The first-order valence-electron chi connectivity index (χ1n) is 6.34. The van der Waals surface area contributed by atoms with Crippen LogP contribution in [0, 0.1) is 0 Å². The number of piperazine rings is 1. The van der Waals surface area contributed by atoms with Crippen LogP contribution in [0.5, 0.6) is 0 Å². The molecule has 1 aliphatic rings. The van der Waals surface area contributed by atoms with E-state index in [0.29, 0.717) is 0 Å². The van der Waals surface area contributed by atoms with Gasteiger partial charge in [0.25, 0.3) is 0 Å². The highest BCUT2D eigenvalue weighted by Gasteiger charge is 2.24. The molecule has 3 heteroatoms. The molecule has 0 aromatic heterocycles. The van der Waals surface area contributed by atoms with Crippen LogP contribution in [0.15, 0.2) is 0 Å². The van der Waals surface area contributed by atoms with E-state index in [1.165, 1.54) is 56.4 Å². The van der Waals surface area contributed by atoms with E-state index in [2.05, 4.69) is 46.2 Å². The van der Waals surface area contributed by atoms with Crippen LogP contribution in [0.1, 0.15) is 33.1 Å². The molecule has 0 saturated carbocycles. The van der Waals surface area contributed by atoms with Gasteiger partial charge in [0.05, 0.1) is 0 Å². The second-order valence-corrected chi connectivity index (χ2v) is 5.38. The van der Waals surface area contributed by atoms with Gasteiger partial charge in [0.15, 0.2) is 0 Å². The molecule has 1 atom stereocenters. The van der Waals surface area contributed by atoms with Crippen LogP contribution in [0.25, 0.3) is 0 Å². The molecule has 15 heavy (non-hydrogen) atoms. The van der Waals surface area contributed by atoms with E-state index in [9.17, 15) is 0 Å². The summed E-state index contributed by atoms with van der Waals surface area (Å²) in [7, 11) is 0. The van der Waals surface area contributed by atoms with E-state index >= 15 is 0 Å². The van der Waals surface area contributed by atoms with Crippen LogP contribution in [0.4, 0.5) is 0 Å². The van der Waals surface area contributed by atoms with Gasteiger partial charge in [-0.2, -0.15) is 0 Å². The molecule has 2 nitrogen and oxygen atoms in total. The Morgan fingerprint density at radius 3 is 2.53 bits per heavy atom. The number of halogens is 1. The Labute approximate surface area is 109 Å². The predicted octanol–water partition coefficient (Wildman–Crippen LogP) is 2.62. The standard InChI is InChI=1S/C12H25IN2/c1-3-5-7-14-8-9-15(6-4-2)12(10-13)11-14/h12H,3-11H2,1-2H3. The molecule has 1 unspecified atom stereocenters. The Bertz CT molecular complexity index is 164. The Morgan fingerprint density at radius 1 is 1.13 bits per heavy atom. The fourth-order valence-electron chi connectivity index (χ4n) is 2.27.